The van der Waals surface area contributed by atoms with Crippen LogP contribution in [0.3, 0.4) is 0 Å². The van der Waals surface area contributed by atoms with Crippen molar-refractivity contribution >= 4 is 23.1 Å². The Morgan fingerprint density at radius 1 is 1.00 bits per heavy atom. The number of amides is 1. The van der Waals surface area contributed by atoms with Gasteiger partial charge in [0, 0.05) is 16.8 Å². The maximum atomic E-state index is 14.9. The predicted octanol–water partition coefficient (Wildman–Crippen LogP) is 5.63. The van der Waals surface area contributed by atoms with Crippen LogP contribution >= 0.6 is 0 Å². The van der Waals surface area contributed by atoms with Crippen LogP contribution in [0.4, 0.5) is 14.5 Å². The van der Waals surface area contributed by atoms with E-state index >= 15 is 0 Å². The molecule has 0 aromatic heterocycles. The molecule has 3 aromatic carbocycles. The molecule has 1 atom stereocenters. The third-order valence-corrected chi connectivity index (χ3v) is 5.44. The summed E-state index contributed by atoms with van der Waals surface area (Å²) >= 11 is 0. The molecular formula is C27H23F2NO4. The first kappa shape index (κ1) is 23.2. The molecule has 0 saturated carbocycles. The molecule has 1 N–H and O–H groups in total. The normalized spacial score (nSPS) is 17.4. The average molecular weight is 463 g/mol. The van der Waals surface area contributed by atoms with Crippen LogP contribution in [0.2, 0.25) is 0 Å². The number of carbonyl (C=O) groups excluding carboxylic acids is 2. The van der Waals surface area contributed by atoms with Crippen molar-refractivity contribution in [3.63, 3.8) is 0 Å². The standard InChI is InChI=1S/C27H23F2NO4/c1-16(2)15-34-20-7-5-6-17(14-20)25(31)23-24(21-8-3-4-9-22(21)29)30(27(33)26(23)32)19-12-10-18(28)11-13-19/h3-14,16,24,31H,15H2,1-2H3/b25-23-. The minimum absolute atomic E-state index is 0.0276. The number of halogens is 2. The topological polar surface area (TPSA) is 66.8 Å². The van der Waals surface area contributed by atoms with E-state index in [1.165, 1.54) is 30.3 Å². The highest BCUT2D eigenvalue weighted by Gasteiger charge is 2.47. The molecule has 1 amide bonds. The first-order chi connectivity index (χ1) is 16.3. The molecule has 1 saturated heterocycles. The summed E-state index contributed by atoms with van der Waals surface area (Å²) in [6, 6.07) is 15.9. The van der Waals surface area contributed by atoms with E-state index in [9.17, 15) is 23.5 Å². The molecule has 1 aliphatic rings. The Kier molecular flexibility index (Phi) is 6.45. The summed E-state index contributed by atoms with van der Waals surface area (Å²) in [7, 11) is 0. The molecule has 1 heterocycles. The first-order valence-electron chi connectivity index (χ1n) is 10.8. The van der Waals surface area contributed by atoms with Gasteiger partial charge in [-0.25, -0.2) is 8.78 Å². The lowest BCUT2D eigenvalue weighted by Crippen LogP contribution is -2.29. The number of ether oxygens (including phenoxy) is 1. The summed E-state index contributed by atoms with van der Waals surface area (Å²) < 4.78 is 34.1. The van der Waals surface area contributed by atoms with Crippen LogP contribution in [-0.4, -0.2) is 23.4 Å². The third kappa shape index (κ3) is 4.41. The molecule has 4 rings (SSSR count). The fourth-order valence-electron chi connectivity index (χ4n) is 3.84. The number of hydrogen-bond acceptors (Lipinski definition) is 4. The van der Waals surface area contributed by atoms with E-state index in [-0.39, 0.29) is 28.3 Å². The molecule has 0 aliphatic carbocycles. The van der Waals surface area contributed by atoms with Crippen LogP contribution in [0.5, 0.6) is 5.75 Å². The number of ketones is 1. The van der Waals surface area contributed by atoms with Gasteiger partial charge in [0.2, 0.25) is 0 Å². The van der Waals surface area contributed by atoms with Crippen molar-refractivity contribution in [2.24, 2.45) is 5.92 Å². The number of aliphatic hydroxyl groups excluding tert-OH is 1. The summed E-state index contributed by atoms with van der Waals surface area (Å²) in [5, 5.41) is 11.2. The zero-order valence-corrected chi connectivity index (χ0v) is 18.7. The van der Waals surface area contributed by atoms with Gasteiger partial charge in [-0.2, -0.15) is 0 Å². The highest BCUT2D eigenvalue weighted by molar-refractivity contribution is 6.51. The molecule has 174 valence electrons. The monoisotopic (exact) mass is 463 g/mol. The molecule has 0 radical (unpaired) electrons. The maximum absolute atomic E-state index is 14.9. The lowest BCUT2D eigenvalue weighted by molar-refractivity contribution is -0.132. The summed E-state index contributed by atoms with van der Waals surface area (Å²) in [4.78, 5) is 27.3. The second-order valence-corrected chi connectivity index (χ2v) is 8.40. The Labute approximate surface area is 195 Å². The third-order valence-electron chi connectivity index (χ3n) is 5.44. The lowest BCUT2D eigenvalue weighted by atomic mass is 9.94. The highest BCUT2D eigenvalue weighted by Crippen LogP contribution is 2.43. The minimum Gasteiger partial charge on any atom is -0.507 e. The van der Waals surface area contributed by atoms with Gasteiger partial charge < -0.3 is 9.84 Å². The number of nitrogens with zero attached hydrogens (tertiary/aromatic N) is 1. The smallest absolute Gasteiger partial charge is 0.300 e. The van der Waals surface area contributed by atoms with Gasteiger partial charge in [0.05, 0.1) is 18.2 Å². The van der Waals surface area contributed by atoms with Gasteiger partial charge in [0.15, 0.2) is 0 Å². The largest absolute Gasteiger partial charge is 0.507 e. The van der Waals surface area contributed by atoms with Crippen LogP contribution in [0.1, 0.15) is 31.0 Å². The summed E-state index contributed by atoms with van der Waals surface area (Å²) in [6.07, 6.45) is 0. The Bertz CT molecular complexity index is 1270. The molecule has 1 aliphatic heterocycles. The van der Waals surface area contributed by atoms with E-state index in [1.807, 2.05) is 13.8 Å². The predicted molar refractivity (Wildman–Crippen MR) is 124 cm³/mol. The second-order valence-electron chi connectivity index (χ2n) is 8.40. The van der Waals surface area contributed by atoms with Gasteiger partial charge >= 0.3 is 0 Å². The zero-order valence-electron chi connectivity index (χ0n) is 18.7. The number of aliphatic hydroxyl groups is 1. The van der Waals surface area contributed by atoms with Gasteiger partial charge in [-0.15, -0.1) is 0 Å². The van der Waals surface area contributed by atoms with E-state index in [4.69, 9.17) is 4.74 Å². The molecule has 0 bridgehead atoms. The average Bonchev–Trinajstić information content (AvgIpc) is 3.08. The van der Waals surface area contributed by atoms with Gasteiger partial charge in [-0.1, -0.05) is 44.2 Å². The van der Waals surface area contributed by atoms with Crippen molar-refractivity contribution in [3.05, 3.63) is 101 Å². The molecule has 0 spiro atoms. The molecule has 1 fully saturated rings. The van der Waals surface area contributed by atoms with Crippen LogP contribution in [0, 0.1) is 17.6 Å². The number of anilines is 1. The SMILES string of the molecule is CC(C)COc1cccc(/C(O)=C2/C(=O)C(=O)N(c3ccc(F)cc3)C2c2ccccc2F)c1. The lowest BCUT2D eigenvalue weighted by Gasteiger charge is -2.25. The highest BCUT2D eigenvalue weighted by atomic mass is 19.1. The number of carbonyl (C=O) groups is 2. The summed E-state index contributed by atoms with van der Waals surface area (Å²) in [6.45, 7) is 4.44. The van der Waals surface area contributed by atoms with Crippen molar-refractivity contribution in [2.75, 3.05) is 11.5 Å². The van der Waals surface area contributed by atoms with E-state index in [0.717, 1.165) is 17.0 Å². The Balaban J connectivity index is 1.88. The van der Waals surface area contributed by atoms with E-state index < -0.39 is 35.1 Å². The Hall–Kier alpha value is -4.00. The Morgan fingerprint density at radius 3 is 2.38 bits per heavy atom. The van der Waals surface area contributed by atoms with E-state index in [1.54, 1.807) is 30.3 Å². The van der Waals surface area contributed by atoms with Crippen molar-refractivity contribution in [1.29, 1.82) is 0 Å². The van der Waals surface area contributed by atoms with E-state index in [0.29, 0.717) is 12.4 Å². The van der Waals surface area contributed by atoms with Gasteiger partial charge in [-0.05, 0) is 48.4 Å². The number of benzene rings is 3. The maximum Gasteiger partial charge on any atom is 0.300 e. The van der Waals surface area contributed by atoms with Crippen LogP contribution in [-0.2, 0) is 9.59 Å². The van der Waals surface area contributed by atoms with Crippen molar-refractivity contribution < 1.29 is 28.2 Å². The molecule has 34 heavy (non-hydrogen) atoms. The summed E-state index contributed by atoms with van der Waals surface area (Å²) in [5.74, 6) is -2.79. The van der Waals surface area contributed by atoms with Crippen LogP contribution in [0.15, 0.2) is 78.4 Å². The fraction of sp³-hybridized carbons (Fsp3) is 0.185. The molecule has 1 unspecified atom stereocenters. The van der Waals surface area contributed by atoms with Gasteiger partial charge in [-0.3, -0.25) is 14.5 Å². The van der Waals surface area contributed by atoms with Gasteiger partial charge in [0.1, 0.15) is 23.1 Å². The summed E-state index contributed by atoms with van der Waals surface area (Å²) in [5.41, 5.74) is 0.213. The molecule has 5 nitrogen and oxygen atoms in total. The number of rotatable bonds is 6. The van der Waals surface area contributed by atoms with Crippen molar-refractivity contribution in [1.82, 2.24) is 0 Å². The zero-order chi connectivity index (χ0) is 24.4. The molecule has 3 aromatic rings. The van der Waals surface area contributed by atoms with Crippen LogP contribution < -0.4 is 9.64 Å². The minimum atomic E-state index is -1.24. The van der Waals surface area contributed by atoms with Crippen LogP contribution in [0.25, 0.3) is 5.76 Å². The molecular weight excluding hydrogens is 440 g/mol. The van der Waals surface area contributed by atoms with Gasteiger partial charge in [0.25, 0.3) is 11.7 Å². The number of hydrogen-bond donors (Lipinski definition) is 1. The second kappa shape index (κ2) is 9.47. The van der Waals surface area contributed by atoms with Crippen molar-refractivity contribution in [2.45, 2.75) is 19.9 Å². The number of Topliss-reactive ketones (excluding diaryl/α,β-unsaturated/α-hetero) is 1. The van der Waals surface area contributed by atoms with Crippen molar-refractivity contribution in [3.8, 4) is 5.75 Å². The first-order valence-corrected chi connectivity index (χ1v) is 10.8. The quantitative estimate of drug-likeness (QED) is 0.293. The fourth-order valence-corrected chi connectivity index (χ4v) is 3.84. The Morgan fingerprint density at radius 2 is 1.71 bits per heavy atom. The van der Waals surface area contributed by atoms with E-state index in [2.05, 4.69) is 0 Å². The molecule has 7 heteroatoms.